The van der Waals surface area contributed by atoms with Crippen LogP contribution in [0.4, 0.5) is 11.5 Å². The zero-order chi connectivity index (χ0) is 24.2. The minimum Gasteiger partial charge on any atom is -0.481 e. The fourth-order valence-electron chi connectivity index (χ4n) is 3.00. The number of nitrogens with zero attached hydrogens (tertiary/aromatic N) is 3. The van der Waals surface area contributed by atoms with Crippen LogP contribution in [0.5, 0.6) is 0 Å². The molecule has 2 N–H and O–H groups in total. The van der Waals surface area contributed by atoms with Crippen molar-refractivity contribution in [3.63, 3.8) is 0 Å². The van der Waals surface area contributed by atoms with Crippen LogP contribution in [0.25, 0.3) is 6.08 Å². The predicted molar refractivity (Wildman–Crippen MR) is 132 cm³/mol. The summed E-state index contributed by atoms with van der Waals surface area (Å²) in [4.78, 5) is 33.8. The van der Waals surface area contributed by atoms with Crippen molar-refractivity contribution in [2.45, 2.75) is 26.7 Å². The van der Waals surface area contributed by atoms with Crippen LogP contribution in [0.1, 0.15) is 36.4 Å². The summed E-state index contributed by atoms with van der Waals surface area (Å²) in [5, 5.41) is 11.9. The van der Waals surface area contributed by atoms with Crippen LogP contribution < -0.4 is 10.2 Å². The van der Waals surface area contributed by atoms with Gasteiger partial charge in [0, 0.05) is 44.0 Å². The molecule has 0 fully saturated rings. The molecule has 0 aliphatic rings. The van der Waals surface area contributed by atoms with Crippen LogP contribution >= 0.6 is 0 Å². The molecule has 2 aromatic carbocycles. The maximum absolute atomic E-state index is 12.1. The number of nitrogens with one attached hydrogen (secondary N) is 1. The third kappa shape index (κ3) is 8.22. The number of anilines is 2. The number of carboxylic acids is 1. The van der Waals surface area contributed by atoms with Gasteiger partial charge in [-0.25, -0.2) is 9.97 Å². The van der Waals surface area contributed by atoms with E-state index in [-0.39, 0.29) is 12.3 Å². The Balaban J connectivity index is 0.00000187. The number of carbonyl (C=O) groups is 2. The number of hydrogen-bond acceptors (Lipinski definition) is 5. The average molecular weight is 447 g/mol. The number of amides is 1. The molecule has 0 aliphatic heterocycles. The van der Waals surface area contributed by atoms with Gasteiger partial charge in [-0.05, 0) is 29.3 Å². The first kappa shape index (κ1) is 25.3. The van der Waals surface area contributed by atoms with Gasteiger partial charge < -0.3 is 15.3 Å². The highest BCUT2D eigenvalue weighted by Crippen LogP contribution is 2.18. The van der Waals surface area contributed by atoms with E-state index in [0.717, 1.165) is 11.1 Å². The van der Waals surface area contributed by atoms with Crippen molar-refractivity contribution >= 4 is 29.5 Å². The molecule has 33 heavy (non-hydrogen) atoms. The van der Waals surface area contributed by atoms with Crippen molar-refractivity contribution in [3.8, 4) is 0 Å². The fourth-order valence-corrected chi connectivity index (χ4v) is 3.00. The topological polar surface area (TPSA) is 95.4 Å². The Kier molecular flexibility index (Phi) is 9.77. The van der Waals surface area contributed by atoms with Crippen molar-refractivity contribution in [2.75, 3.05) is 24.3 Å². The summed E-state index contributed by atoms with van der Waals surface area (Å²) in [6.45, 7) is 4.00. The Morgan fingerprint density at radius 2 is 1.70 bits per heavy atom. The molecule has 0 saturated carbocycles. The summed E-state index contributed by atoms with van der Waals surface area (Å²) in [5.41, 5.74) is 3.20. The van der Waals surface area contributed by atoms with Gasteiger partial charge in [0.2, 0.25) is 5.91 Å². The number of aromatic nitrogens is 2. The van der Waals surface area contributed by atoms with Crippen molar-refractivity contribution in [2.24, 2.45) is 0 Å². The second-order valence-corrected chi connectivity index (χ2v) is 7.21. The molecule has 1 amide bonds. The van der Waals surface area contributed by atoms with Gasteiger partial charge in [0.05, 0.1) is 6.42 Å². The van der Waals surface area contributed by atoms with Gasteiger partial charge in [-0.2, -0.15) is 0 Å². The first-order valence-corrected chi connectivity index (χ1v) is 10.8. The Hall–Kier alpha value is -4.00. The van der Waals surface area contributed by atoms with E-state index in [0.29, 0.717) is 29.3 Å². The molecular weight excluding hydrogens is 416 g/mol. The maximum atomic E-state index is 12.1. The summed E-state index contributed by atoms with van der Waals surface area (Å²) in [5.74, 6) is 0.0715. The minimum absolute atomic E-state index is 0.124. The van der Waals surface area contributed by atoms with Crippen LogP contribution in [-0.2, 0) is 22.4 Å². The summed E-state index contributed by atoms with van der Waals surface area (Å²) in [7, 11) is 3.64. The van der Waals surface area contributed by atoms with Crippen molar-refractivity contribution in [1.29, 1.82) is 0 Å². The molecule has 7 heteroatoms. The van der Waals surface area contributed by atoms with Gasteiger partial charge in [-0.3, -0.25) is 9.59 Å². The molecule has 0 aliphatic carbocycles. The first-order chi connectivity index (χ1) is 15.9. The Bertz CT molecular complexity index is 1080. The van der Waals surface area contributed by atoms with Crippen molar-refractivity contribution in [3.05, 3.63) is 89.4 Å². The second-order valence-electron chi connectivity index (χ2n) is 7.21. The van der Waals surface area contributed by atoms with Crippen LogP contribution in [-0.4, -0.2) is 41.0 Å². The number of carboxylic acid groups (broad SMARTS) is 1. The monoisotopic (exact) mass is 446 g/mol. The number of rotatable bonds is 8. The van der Waals surface area contributed by atoms with E-state index in [1.807, 2.05) is 82.5 Å². The Labute approximate surface area is 194 Å². The largest absolute Gasteiger partial charge is 0.481 e. The lowest BCUT2D eigenvalue weighted by atomic mass is 10.1. The fraction of sp³-hybridized carbons (Fsp3) is 0.231. The maximum Gasteiger partial charge on any atom is 0.308 e. The highest BCUT2D eigenvalue weighted by atomic mass is 16.4. The van der Waals surface area contributed by atoms with Gasteiger partial charge in [0.15, 0.2) is 0 Å². The van der Waals surface area contributed by atoms with Gasteiger partial charge in [0.1, 0.15) is 11.6 Å². The Morgan fingerprint density at radius 1 is 1.03 bits per heavy atom. The van der Waals surface area contributed by atoms with E-state index in [9.17, 15) is 9.59 Å². The molecule has 0 radical (unpaired) electrons. The van der Waals surface area contributed by atoms with Gasteiger partial charge in [-0.1, -0.05) is 56.3 Å². The summed E-state index contributed by atoms with van der Waals surface area (Å²) < 4.78 is 0. The van der Waals surface area contributed by atoms with E-state index in [2.05, 4.69) is 15.3 Å². The number of carbonyl (C=O) groups excluding carboxylic acids is 1. The SMILES string of the molecule is CC.CN(C)c1nc(Cc2ccc(NC(=O)/C=C/c3ccccc3)cc2)ncc1CC(=O)O. The molecular formula is C26H30N4O3. The highest BCUT2D eigenvalue weighted by molar-refractivity contribution is 6.01. The third-order valence-corrected chi connectivity index (χ3v) is 4.47. The summed E-state index contributed by atoms with van der Waals surface area (Å²) in [6, 6.07) is 17.1. The van der Waals surface area contributed by atoms with Crippen molar-refractivity contribution < 1.29 is 14.7 Å². The lowest BCUT2D eigenvalue weighted by molar-refractivity contribution is -0.136. The lowest BCUT2D eigenvalue weighted by Gasteiger charge is -2.16. The van der Waals surface area contributed by atoms with E-state index < -0.39 is 5.97 Å². The molecule has 0 bridgehead atoms. The molecule has 0 unspecified atom stereocenters. The normalized spacial score (nSPS) is 10.3. The number of hydrogen-bond donors (Lipinski definition) is 2. The van der Waals surface area contributed by atoms with Gasteiger partial charge in [0.25, 0.3) is 0 Å². The van der Waals surface area contributed by atoms with E-state index in [4.69, 9.17) is 5.11 Å². The van der Waals surface area contributed by atoms with Crippen LogP contribution in [0, 0.1) is 0 Å². The molecule has 3 aromatic rings. The van der Waals surface area contributed by atoms with E-state index in [1.54, 1.807) is 17.2 Å². The van der Waals surface area contributed by atoms with Crippen LogP contribution in [0.3, 0.4) is 0 Å². The third-order valence-electron chi connectivity index (χ3n) is 4.47. The van der Waals surface area contributed by atoms with E-state index >= 15 is 0 Å². The second kappa shape index (κ2) is 12.8. The quantitative estimate of drug-likeness (QED) is 0.497. The Morgan fingerprint density at radius 3 is 2.30 bits per heavy atom. The molecule has 7 nitrogen and oxygen atoms in total. The average Bonchev–Trinajstić information content (AvgIpc) is 2.81. The number of benzene rings is 2. The van der Waals surface area contributed by atoms with E-state index in [1.165, 1.54) is 6.08 Å². The number of aliphatic carboxylic acids is 1. The zero-order valence-corrected chi connectivity index (χ0v) is 19.4. The lowest BCUT2D eigenvalue weighted by Crippen LogP contribution is -2.17. The van der Waals surface area contributed by atoms with Crippen LogP contribution in [0.15, 0.2) is 66.9 Å². The molecule has 1 aromatic heterocycles. The molecule has 0 atom stereocenters. The molecule has 0 saturated heterocycles. The predicted octanol–water partition coefficient (Wildman–Crippen LogP) is 4.44. The van der Waals surface area contributed by atoms with Gasteiger partial charge in [-0.15, -0.1) is 0 Å². The zero-order valence-electron chi connectivity index (χ0n) is 19.4. The minimum atomic E-state index is -0.921. The van der Waals surface area contributed by atoms with Crippen LogP contribution in [0.2, 0.25) is 0 Å². The molecule has 172 valence electrons. The smallest absolute Gasteiger partial charge is 0.308 e. The molecule has 1 heterocycles. The summed E-state index contributed by atoms with van der Waals surface area (Å²) >= 11 is 0. The summed E-state index contributed by atoms with van der Waals surface area (Å²) in [6.07, 6.45) is 5.20. The van der Waals surface area contributed by atoms with Gasteiger partial charge >= 0.3 is 5.97 Å². The first-order valence-electron chi connectivity index (χ1n) is 10.8. The highest BCUT2D eigenvalue weighted by Gasteiger charge is 2.12. The van der Waals surface area contributed by atoms with Crippen molar-refractivity contribution in [1.82, 2.24) is 9.97 Å². The molecule has 3 rings (SSSR count). The molecule has 0 spiro atoms. The standard InChI is InChI=1S/C24H24N4O3.C2H6/c1-28(2)24-19(15-23(30)31)16-25-21(27-24)14-18-8-11-20(12-9-18)26-22(29)13-10-17-6-4-3-5-7-17;1-2/h3-13,16H,14-15H2,1-2H3,(H,26,29)(H,30,31);1-2H3/b13-10+;.